The van der Waals surface area contributed by atoms with Crippen LogP contribution < -0.4 is 0 Å². The molecule has 3 nitrogen and oxygen atoms in total. The normalized spacial score (nSPS) is 11.4. The maximum absolute atomic E-state index is 11.4. The molecule has 0 aliphatic carbocycles. The van der Waals surface area contributed by atoms with Crippen LogP contribution in [0.4, 0.5) is 0 Å². The van der Waals surface area contributed by atoms with Crippen molar-refractivity contribution in [1.29, 1.82) is 0 Å². The standard InChI is InChI=1S/C15H10Cl2O3/c16-12-7-9(8-13(17)14(12)18)6-11(15(19)20)10-4-2-1-3-5-10/h1-8,18H,(H,19,20)/b11-6-. The third-order valence-electron chi connectivity index (χ3n) is 2.67. The molecule has 0 saturated heterocycles. The topological polar surface area (TPSA) is 57.5 Å². The first-order chi connectivity index (χ1) is 9.49. The number of benzene rings is 2. The van der Waals surface area contributed by atoms with E-state index in [1.165, 1.54) is 18.2 Å². The monoisotopic (exact) mass is 308 g/mol. The zero-order valence-corrected chi connectivity index (χ0v) is 11.7. The van der Waals surface area contributed by atoms with Gasteiger partial charge >= 0.3 is 5.97 Å². The number of aliphatic carboxylic acids is 1. The fourth-order valence-electron chi connectivity index (χ4n) is 1.72. The van der Waals surface area contributed by atoms with E-state index >= 15 is 0 Å². The number of phenols is 1. The minimum absolute atomic E-state index is 0.0709. The Morgan fingerprint density at radius 3 is 2.10 bits per heavy atom. The molecule has 0 amide bonds. The molecular weight excluding hydrogens is 299 g/mol. The summed E-state index contributed by atoms with van der Waals surface area (Å²) in [5.41, 5.74) is 1.18. The Morgan fingerprint density at radius 2 is 1.60 bits per heavy atom. The van der Waals surface area contributed by atoms with Crippen molar-refractivity contribution in [3.8, 4) is 5.75 Å². The number of hydrogen-bond donors (Lipinski definition) is 2. The Balaban J connectivity index is 2.53. The SMILES string of the molecule is O=C(O)/C(=C\c1cc(Cl)c(O)c(Cl)c1)c1ccccc1. The molecule has 0 atom stereocenters. The fraction of sp³-hybridized carbons (Fsp3) is 0. The molecule has 0 spiro atoms. The Kier molecular flexibility index (Phi) is 4.32. The lowest BCUT2D eigenvalue weighted by atomic mass is 10.0. The summed E-state index contributed by atoms with van der Waals surface area (Å²) in [6.45, 7) is 0. The molecular formula is C15H10Cl2O3. The molecule has 20 heavy (non-hydrogen) atoms. The van der Waals surface area contributed by atoms with Crippen LogP contribution in [0.25, 0.3) is 11.6 Å². The van der Waals surface area contributed by atoms with Gasteiger partial charge in [-0.15, -0.1) is 0 Å². The number of halogens is 2. The van der Waals surface area contributed by atoms with E-state index in [0.717, 1.165) is 0 Å². The molecule has 0 fully saturated rings. The lowest BCUT2D eigenvalue weighted by molar-refractivity contribution is -0.130. The minimum atomic E-state index is -1.06. The Hall–Kier alpha value is -1.97. The predicted octanol–water partition coefficient (Wildman–Crippen LogP) is 4.32. The highest BCUT2D eigenvalue weighted by molar-refractivity contribution is 6.37. The van der Waals surface area contributed by atoms with Gasteiger partial charge in [0.2, 0.25) is 0 Å². The van der Waals surface area contributed by atoms with Gasteiger partial charge in [-0.1, -0.05) is 53.5 Å². The number of rotatable bonds is 3. The summed E-state index contributed by atoms with van der Waals surface area (Å²) in [4.78, 5) is 11.4. The van der Waals surface area contributed by atoms with Crippen LogP contribution in [0.1, 0.15) is 11.1 Å². The Morgan fingerprint density at radius 1 is 1.05 bits per heavy atom. The van der Waals surface area contributed by atoms with E-state index in [0.29, 0.717) is 11.1 Å². The second-order valence-corrected chi connectivity index (χ2v) is 4.88. The molecule has 5 heteroatoms. The summed E-state index contributed by atoms with van der Waals surface area (Å²) in [6.07, 6.45) is 1.45. The van der Waals surface area contributed by atoms with Crippen molar-refractivity contribution in [2.45, 2.75) is 0 Å². The molecule has 2 N–H and O–H groups in total. The van der Waals surface area contributed by atoms with E-state index in [1.807, 2.05) is 0 Å². The summed E-state index contributed by atoms with van der Waals surface area (Å²) in [5.74, 6) is -1.28. The predicted molar refractivity (Wildman–Crippen MR) is 80.1 cm³/mol. The summed E-state index contributed by atoms with van der Waals surface area (Å²) >= 11 is 11.6. The molecule has 2 rings (SSSR count). The van der Waals surface area contributed by atoms with E-state index in [2.05, 4.69) is 0 Å². The number of aromatic hydroxyl groups is 1. The van der Waals surface area contributed by atoms with Crippen molar-refractivity contribution in [3.05, 3.63) is 63.6 Å². The van der Waals surface area contributed by atoms with Crippen molar-refractivity contribution in [2.24, 2.45) is 0 Å². The lowest BCUT2D eigenvalue weighted by Crippen LogP contribution is -1.99. The van der Waals surface area contributed by atoms with Crippen LogP contribution in [0.3, 0.4) is 0 Å². The molecule has 2 aromatic rings. The minimum Gasteiger partial charge on any atom is -0.505 e. The van der Waals surface area contributed by atoms with E-state index in [1.54, 1.807) is 30.3 Å². The summed E-state index contributed by atoms with van der Waals surface area (Å²) < 4.78 is 0. The molecule has 0 bridgehead atoms. The molecule has 0 saturated carbocycles. The van der Waals surface area contributed by atoms with Crippen molar-refractivity contribution < 1.29 is 15.0 Å². The number of hydrogen-bond acceptors (Lipinski definition) is 2. The van der Waals surface area contributed by atoms with Crippen LogP contribution in [0.15, 0.2) is 42.5 Å². The first kappa shape index (κ1) is 14.4. The van der Waals surface area contributed by atoms with Gasteiger partial charge in [0, 0.05) is 0 Å². The maximum Gasteiger partial charge on any atom is 0.336 e. The van der Waals surface area contributed by atoms with Crippen LogP contribution in [0, 0.1) is 0 Å². The first-order valence-corrected chi connectivity index (χ1v) is 6.43. The second kappa shape index (κ2) is 5.99. The van der Waals surface area contributed by atoms with Gasteiger partial charge in [-0.3, -0.25) is 0 Å². The van der Waals surface area contributed by atoms with Crippen LogP contribution in [-0.2, 0) is 4.79 Å². The largest absolute Gasteiger partial charge is 0.505 e. The molecule has 0 unspecified atom stereocenters. The lowest BCUT2D eigenvalue weighted by Gasteiger charge is -2.05. The van der Waals surface area contributed by atoms with Crippen LogP contribution >= 0.6 is 23.2 Å². The fourth-order valence-corrected chi connectivity index (χ4v) is 2.23. The smallest absolute Gasteiger partial charge is 0.336 e. The van der Waals surface area contributed by atoms with Crippen molar-refractivity contribution >= 4 is 40.8 Å². The van der Waals surface area contributed by atoms with Gasteiger partial charge in [0.05, 0.1) is 15.6 Å². The molecule has 0 radical (unpaired) electrons. The highest BCUT2D eigenvalue weighted by Gasteiger charge is 2.12. The van der Waals surface area contributed by atoms with Crippen LogP contribution in [-0.4, -0.2) is 16.2 Å². The van der Waals surface area contributed by atoms with Gasteiger partial charge in [-0.25, -0.2) is 4.79 Å². The van der Waals surface area contributed by atoms with Crippen LogP contribution in [0.2, 0.25) is 10.0 Å². The Bertz CT molecular complexity index is 656. The van der Waals surface area contributed by atoms with Crippen molar-refractivity contribution in [1.82, 2.24) is 0 Å². The summed E-state index contributed by atoms with van der Waals surface area (Å²) in [6, 6.07) is 11.6. The molecule has 2 aromatic carbocycles. The zero-order valence-electron chi connectivity index (χ0n) is 10.2. The molecule has 0 heterocycles. The third kappa shape index (κ3) is 3.13. The quantitative estimate of drug-likeness (QED) is 0.655. The van der Waals surface area contributed by atoms with Crippen molar-refractivity contribution in [2.75, 3.05) is 0 Å². The molecule has 102 valence electrons. The average Bonchev–Trinajstić information content (AvgIpc) is 2.42. The number of carbonyl (C=O) groups is 1. The highest BCUT2D eigenvalue weighted by Crippen LogP contribution is 2.34. The number of carboxylic acids is 1. The first-order valence-electron chi connectivity index (χ1n) is 5.67. The van der Waals surface area contributed by atoms with Gasteiger partial charge < -0.3 is 10.2 Å². The maximum atomic E-state index is 11.4. The van der Waals surface area contributed by atoms with Gasteiger partial charge in [0.1, 0.15) is 0 Å². The van der Waals surface area contributed by atoms with E-state index in [9.17, 15) is 15.0 Å². The second-order valence-electron chi connectivity index (χ2n) is 4.06. The zero-order chi connectivity index (χ0) is 14.7. The molecule has 0 aliphatic rings. The average molecular weight is 309 g/mol. The Labute approximate surface area is 125 Å². The van der Waals surface area contributed by atoms with E-state index < -0.39 is 5.97 Å². The van der Waals surface area contributed by atoms with Gasteiger partial charge in [0.15, 0.2) is 5.75 Å². The van der Waals surface area contributed by atoms with Gasteiger partial charge in [-0.05, 0) is 29.3 Å². The molecule has 0 aliphatic heterocycles. The van der Waals surface area contributed by atoms with Crippen molar-refractivity contribution in [3.63, 3.8) is 0 Å². The molecule has 0 aromatic heterocycles. The number of carboxylic acid groups (broad SMARTS) is 1. The number of phenolic OH excluding ortho intramolecular Hbond substituents is 1. The van der Waals surface area contributed by atoms with Crippen LogP contribution in [0.5, 0.6) is 5.75 Å². The van der Waals surface area contributed by atoms with Gasteiger partial charge in [-0.2, -0.15) is 0 Å². The van der Waals surface area contributed by atoms with Gasteiger partial charge in [0.25, 0.3) is 0 Å². The summed E-state index contributed by atoms with van der Waals surface area (Å²) in [5, 5.41) is 18.9. The van der Waals surface area contributed by atoms with E-state index in [4.69, 9.17) is 23.2 Å². The highest BCUT2D eigenvalue weighted by atomic mass is 35.5. The van der Waals surface area contributed by atoms with E-state index in [-0.39, 0.29) is 21.4 Å². The third-order valence-corrected chi connectivity index (χ3v) is 3.24. The summed E-state index contributed by atoms with van der Waals surface area (Å²) in [7, 11) is 0.